The Hall–Kier alpha value is -3.11. The average Bonchev–Trinajstić information content (AvgIpc) is 2.97. The molecule has 0 aromatic heterocycles. The molecule has 10 heteroatoms. The van der Waals surface area contributed by atoms with E-state index in [0.717, 1.165) is 17.5 Å². The molecule has 3 rings (SSSR count). The first-order chi connectivity index (χ1) is 14.7. The number of hydrogen-bond acceptors (Lipinski definition) is 7. The number of nitrogens with one attached hydrogen (secondary N) is 2. The zero-order chi connectivity index (χ0) is 22.4. The van der Waals surface area contributed by atoms with E-state index in [9.17, 15) is 18.0 Å². The van der Waals surface area contributed by atoms with Crippen LogP contribution in [0.4, 0.5) is 5.69 Å². The van der Waals surface area contributed by atoms with Crippen LogP contribution in [0.1, 0.15) is 17.5 Å². The zero-order valence-corrected chi connectivity index (χ0v) is 18.1. The van der Waals surface area contributed by atoms with E-state index in [1.54, 1.807) is 31.2 Å². The van der Waals surface area contributed by atoms with Gasteiger partial charge in [0.25, 0.3) is 5.91 Å². The maximum atomic E-state index is 12.3. The lowest BCUT2D eigenvalue weighted by atomic mass is 10.1. The first-order valence-corrected chi connectivity index (χ1v) is 11.1. The highest BCUT2D eigenvalue weighted by Crippen LogP contribution is 2.32. The third-order valence-electron chi connectivity index (χ3n) is 4.59. The molecule has 1 aliphatic heterocycles. The van der Waals surface area contributed by atoms with Gasteiger partial charge in [0.1, 0.15) is 6.54 Å². The van der Waals surface area contributed by atoms with Crippen molar-refractivity contribution in [2.45, 2.75) is 25.2 Å². The topological polar surface area (TPSA) is 120 Å². The van der Waals surface area contributed by atoms with Gasteiger partial charge in [-0.2, -0.15) is 4.72 Å². The Bertz CT molecular complexity index is 1080. The molecule has 0 atom stereocenters. The van der Waals surface area contributed by atoms with Crippen LogP contribution >= 0.6 is 0 Å². The molecule has 2 aromatic carbocycles. The van der Waals surface area contributed by atoms with Crippen LogP contribution in [0.5, 0.6) is 11.5 Å². The van der Waals surface area contributed by atoms with E-state index in [0.29, 0.717) is 30.4 Å². The van der Waals surface area contributed by atoms with Crippen molar-refractivity contribution in [1.29, 1.82) is 0 Å². The van der Waals surface area contributed by atoms with E-state index < -0.39 is 35.1 Å². The molecule has 0 spiro atoms. The number of sulfonamides is 1. The fourth-order valence-electron chi connectivity index (χ4n) is 2.75. The van der Waals surface area contributed by atoms with Crippen LogP contribution in [0.3, 0.4) is 0 Å². The summed E-state index contributed by atoms with van der Waals surface area (Å²) in [5.74, 6) is -0.327. The van der Waals surface area contributed by atoms with E-state index in [1.165, 1.54) is 12.1 Å². The summed E-state index contributed by atoms with van der Waals surface area (Å²) >= 11 is 0. The second kappa shape index (κ2) is 9.80. The van der Waals surface area contributed by atoms with Crippen LogP contribution in [0.2, 0.25) is 0 Å². The summed E-state index contributed by atoms with van der Waals surface area (Å²) in [4.78, 5) is 24.0. The normalized spacial score (nSPS) is 13.2. The van der Waals surface area contributed by atoms with Gasteiger partial charge < -0.3 is 19.5 Å². The van der Waals surface area contributed by atoms with Gasteiger partial charge in [-0.25, -0.2) is 8.42 Å². The lowest BCUT2D eigenvalue weighted by molar-refractivity contribution is -0.146. The Kier molecular flexibility index (Phi) is 7.13. The van der Waals surface area contributed by atoms with Crippen LogP contribution in [0.15, 0.2) is 41.3 Å². The van der Waals surface area contributed by atoms with Crippen molar-refractivity contribution in [3.63, 3.8) is 0 Å². The number of benzene rings is 2. The molecule has 166 valence electrons. The van der Waals surface area contributed by atoms with Crippen LogP contribution in [-0.4, -0.2) is 46.7 Å². The van der Waals surface area contributed by atoms with Crippen LogP contribution < -0.4 is 19.5 Å². The summed E-state index contributed by atoms with van der Waals surface area (Å²) in [6.45, 7) is 3.59. The number of rotatable bonds is 7. The van der Waals surface area contributed by atoms with Gasteiger partial charge in [-0.05, 0) is 49.2 Å². The Labute approximate surface area is 180 Å². The van der Waals surface area contributed by atoms with Gasteiger partial charge in [0, 0.05) is 18.2 Å². The van der Waals surface area contributed by atoms with Gasteiger partial charge in [0.05, 0.1) is 18.1 Å². The molecule has 0 radical (unpaired) electrons. The van der Waals surface area contributed by atoms with Crippen LogP contribution in [0, 0.1) is 13.8 Å². The summed E-state index contributed by atoms with van der Waals surface area (Å²) in [7, 11) is -3.87. The molecule has 2 N–H and O–H groups in total. The van der Waals surface area contributed by atoms with E-state index in [-0.39, 0.29) is 4.90 Å². The lowest BCUT2D eigenvalue weighted by Gasteiger charge is -2.11. The van der Waals surface area contributed by atoms with Crippen LogP contribution in [-0.2, 0) is 24.3 Å². The highest BCUT2D eigenvalue weighted by atomic mass is 32.2. The van der Waals surface area contributed by atoms with Gasteiger partial charge >= 0.3 is 5.97 Å². The number of hydrogen-bond donors (Lipinski definition) is 2. The molecule has 1 aliphatic rings. The van der Waals surface area contributed by atoms with Gasteiger partial charge in [-0.3, -0.25) is 9.59 Å². The fraction of sp³-hybridized carbons (Fsp3) is 0.333. The molecule has 2 aromatic rings. The lowest BCUT2D eigenvalue weighted by Crippen LogP contribution is -2.32. The van der Waals surface area contributed by atoms with Crippen molar-refractivity contribution < 1.29 is 32.2 Å². The molecule has 0 saturated heterocycles. The smallest absolute Gasteiger partial charge is 0.321 e. The SMILES string of the molecule is Cc1ccc(S(=O)(=O)NCC(=O)OCC(=O)Nc2ccc3c(c2)OCCCO3)cc1C. The Balaban J connectivity index is 1.47. The molecular weight excluding hydrogens is 424 g/mol. The minimum Gasteiger partial charge on any atom is -0.490 e. The van der Waals surface area contributed by atoms with Crippen molar-refractivity contribution in [2.24, 2.45) is 0 Å². The number of ether oxygens (including phenoxy) is 3. The number of carbonyl (C=O) groups is 2. The van der Waals surface area contributed by atoms with Crippen molar-refractivity contribution in [1.82, 2.24) is 4.72 Å². The van der Waals surface area contributed by atoms with Gasteiger partial charge in [-0.15, -0.1) is 0 Å². The largest absolute Gasteiger partial charge is 0.490 e. The van der Waals surface area contributed by atoms with Crippen molar-refractivity contribution >= 4 is 27.6 Å². The molecule has 0 bridgehead atoms. The number of fused-ring (bicyclic) bond motifs is 1. The van der Waals surface area contributed by atoms with Gasteiger partial charge in [0.15, 0.2) is 18.1 Å². The Morgan fingerprint density at radius 3 is 2.48 bits per heavy atom. The molecular formula is C21H24N2O7S. The fourth-order valence-corrected chi connectivity index (χ4v) is 3.81. The predicted molar refractivity (Wildman–Crippen MR) is 113 cm³/mol. The van der Waals surface area contributed by atoms with Crippen molar-refractivity contribution in [3.8, 4) is 11.5 Å². The Morgan fingerprint density at radius 2 is 1.74 bits per heavy atom. The number of anilines is 1. The summed E-state index contributed by atoms with van der Waals surface area (Å²) in [5, 5.41) is 2.59. The predicted octanol–water partition coefficient (Wildman–Crippen LogP) is 1.92. The molecule has 1 amide bonds. The summed E-state index contributed by atoms with van der Waals surface area (Å²) in [6, 6.07) is 9.61. The molecule has 0 unspecified atom stereocenters. The molecule has 9 nitrogen and oxygen atoms in total. The molecule has 0 saturated carbocycles. The van der Waals surface area contributed by atoms with Crippen molar-refractivity contribution in [3.05, 3.63) is 47.5 Å². The highest BCUT2D eigenvalue weighted by Gasteiger charge is 2.18. The number of carbonyl (C=O) groups excluding carboxylic acids is 2. The minimum absolute atomic E-state index is 0.0514. The first kappa shape index (κ1) is 22.6. The maximum Gasteiger partial charge on any atom is 0.321 e. The second-order valence-electron chi connectivity index (χ2n) is 6.99. The second-order valence-corrected chi connectivity index (χ2v) is 8.76. The van der Waals surface area contributed by atoms with E-state index in [4.69, 9.17) is 14.2 Å². The van der Waals surface area contributed by atoms with E-state index >= 15 is 0 Å². The maximum absolute atomic E-state index is 12.3. The number of esters is 1. The first-order valence-electron chi connectivity index (χ1n) is 9.66. The third-order valence-corrected chi connectivity index (χ3v) is 5.99. The molecule has 0 aliphatic carbocycles. The van der Waals surface area contributed by atoms with E-state index in [1.807, 2.05) is 6.92 Å². The highest BCUT2D eigenvalue weighted by molar-refractivity contribution is 7.89. The third kappa shape index (κ3) is 6.19. The van der Waals surface area contributed by atoms with Crippen molar-refractivity contribution in [2.75, 3.05) is 31.7 Å². The van der Waals surface area contributed by atoms with E-state index in [2.05, 4.69) is 10.0 Å². The van der Waals surface area contributed by atoms with Crippen LogP contribution in [0.25, 0.3) is 0 Å². The van der Waals surface area contributed by atoms with Gasteiger partial charge in [0.2, 0.25) is 10.0 Å². The van der Waals surface area contributed by atoms with Gasteiger partial charge in [-0.1, -0.05) is 6.07 Å². The summed E-state index contributed by atoms with van der Waals surface area (Å²) < 4.78 is 42.7. The minimum atomic E-state index is -3.87. The molecule has 0 fully saturated rings. The average molecular weight is 448 g/mol. The number of amides is 1. The standard InChI is InChI=1S/C21H24N2O7S/c1-14-4-6-17(10-15(14)2)31(26,27)22-12-21(25)30-13-20(24)23-16-5-7-18-19(11-16)29-9-3-8-28-18/h4-7,10-11,22H,3,8-9,12-13H2,1-2H3,(H,23,24). The summed E-state index contributed by atoms with van der Waals surface area (Å²) in [6.07, 6.45) is 0.763. The number of aryl methyl sites for hydroxylation is 2. The molecule has 1 heterocycles. The summed E-state index contributed by atoms with van der Waals surface area (Å²) in [5.41, 5.74) is 2.23. The Morgan fingerprint density at radius 1 is 1.00 bits per heavy atom. The zero-order valence-electron chi connectivity index (χ0n) is 17.3. The monoisotopic (exact) mass is 448 g/mol. The molecule has 31 heavy (non-hydrogen) atoms. The quantitative estimate of drug-likeness (QED) is 0.621.